The van der Waals surface area contributed by atoms with Crippen molar-refractivity contribution in [1.29, 1.82) is 0 Å². The van der Waals surface area contributed by atoms with Crippen LogP contribution in [0.5, 0.6) is 0 Å². The van der Waals surface area contributed by atoms with Crippen molar-refractivity contribution in [3.8, 4) is 22.5 Å². The number of carbonyl (C=O) groups excluding carboxylic acids is 2. The molecule has 1 aliphatic rings. The number of nitrogens with zero attached hydrogens (tertiary/aromatic N) is 6. The summed E-state index contributed by atoms with van der Waals surface area (Å²) in [5.41, 5.74) is 6.84. The third-order valence-corrected chi connectivity index (χ3v) is 10.5. The molecule has 0 spiro atoms. The van der Waals surface area contributed by atoms with Crippen molar-refractivity contribution in [3.63, 3.8) is 0 Å². The molecule has 0 aliphatic carbocycles. The van der Waals surface area contributed by atoms with Crippen molar-refractivity contribution < 1.29 is 14.3 Å². The van der Waals surface area contributed by atoms with Crippen LogP contribution in [0.4, 0.5) is 0 Å². The normalized spacial score (nSPS) is 15.4. The van der Waals surface area contributed by atoms with Gasteiger partial charge in [0.05, 0.1) is 13.5 Å². The summed E-state index contributed by atoms with van der Waals surface area (Å²) in [6.07, 6.45) is 2.26. The Labute approximate surface area is 325 Å². The summed E-state index contributed by atoms with van der Waals surface area (Å²) in [6.45, 7) is 0.969. The van der Waals surface area contributed by atoms with Crippen LogP contribution >= 0.6 is 0 Å². The molecule has 0 unspecified atom stereocenters. The van der Waals surface area contributed by atoms with Crippen LogP contribution in [0, 0.1) is 0 Å². The van der Waals surface area contributed by atoms with E-state index in [2.05, 4.69) is 88.3 Å². The standard InChI is InChI=1S/C46H41N7O3/c1-56-45(55)42-29-39(32-52(42)43(54)30-38-21-13-14-28-47-38)48-31-33-24-26-34(27-25-33)40-22-11-12-23-41(40)44-49-50-51-53(44)46(35-15-5-2-6-16-35,36-17-7-3-8-18-36)37-19-9-4-10-20-37/h2-28,39,42,48H,29-32H2,1H3/t39-,42-/m0/s1. The first-order valence-corrected chi connectivity index (χ1v) is 18.7. The molecule has 8 rings (SSSR count). The lowest BCUT2D eigenvalue weighted by Gasteiger charge is -2.36. The Hall–Kier alpha value is -6.78. The van der Waals surface area contributed by atoms with Gasteiger partial charge in [0.2, 0.25) is 5.91 Å². The minimum absolute atomic E-state index is 0.0786. The van der Waals surface area contributed by atoms with Gasteiger partial charge >= 0.3 is 5.97 Å². The second-order valence-corrected chi connectivity index (χ2v) is 13.9. The maximum atomic E-state index is 13.3. The zero-order chi connectivity index (χ0) is 38.3. The van der Waals surface area contributed by atoms with Gasteiger partial charge in [-0.3, -0.25) is 9.78 Å². The molecule has 0 radical (unpaired) electrons. The molecule has 3 heterocycles. The van der Waals surface area contributed by atoms with Crippen LogP contribution in [0.25, 0.3) is 22.5 Å². The van der Waals surface area contributed by atoms with E-state index in [0.29, 0.717) is 31.0 Å². The number of aromatic nitrogens is 5. The third-order valence-electron chi connectivity index (χ3n) is 10.5. The van der Waals surface area contributed by atoms with Crippen LogP contribution in [0.3, 0.4) is 0 Å². The van der Waals surface area contributed by atoms with Crippen molar-refractivity contribution in [2.75, 3.05) is 13.7 Å². The molecule has 1 amide bonds. The largest absolute Gasteiger partial charge is 0.467 e. The highest BCUT2D eigenvalue weighted by Crippen LogP contribution is 2.43. The Balaban J connectivity index is 1.07. The molecule has 0 bridgehead atoms. The first kappa shape index (κ1) is 36.2. The predicted octanol–water partition coefficient (Wildman–Crippen LogP) is 6.72. The molecular weight excluding hydrogens is 699 g/mol. The van der Waals surface area contributed by atoms with Gasteiger partial charge in [-0.2, -0.15) is 0 Å². The molecule has 1 N–H and O–H groups in total. The fourth-order valence-electron chi connectivity index (χ4n) is 7.86. The molecular formula is C46H41N7O3. The van der Waals surface area contributed by atoms with Gasteiger partial charge in [-0.1, -0.05) is 146 Å². The number of hydrogen-bond donors (Lipinski definition) is 1. The van der Waals surface area contributed by atoms with E-state index in [4.69, 9.17) is 15.0 Å². The van der Waals surface area contributed by atoms with Crippen LogP contribution in [0.15, 0.2) is 164 Å². The number of pyridine rings is 1. The molecule has 1 fully saturated rings. The summed E-state index contributed by atoms with van der Waals surface area (Å²) in [5.74, 6) is 0.0729. The second-order valence-electron chi connectivity index (χ2n) is 13.9. The van der Waals surface area contributed by atoms with Gasteiger partial charge in [0.1, 0.15) is 11.6 Å². The van der Waals surface area contributed by atoms with E-state index in [-0.39, 0.29) is 18.4 Å². The first-order chi connectivity index (χ1) is 27.6. The van der Waals surface area contributed by atoms with Gasteiger partial charge in [-0.05, 0) is 62.4 Å². The van der Waals surface area contributed by atoms with E-state index >= 15 is 0 Å². The van der Waals surface area contributed by atoms with Crippen LogP contribution in [0.1, 0.15) is 34.4 Å². The number of nitrogens with one attached hydrogen (secondary N) is 1. The average molecular weight is 740 g/mol. The van der Waals surface area contributed by atoms with Crippen molar-refractivity contribution >= 4 is 11.9 Å². The Morgan fingerprint density at radius 2 is 1.32 bits per heavy atom. The van der Waals surface area contributed by atoms with Crippen molar-refractivity contribution in [1.82, 2.24) is 35.4 Å². The summed E-state index contributed by atoms with van der Waals surface area (Å²) in [6, 6.07) is 52.5. The van der Waals surface area contributed by atoms with Crippen LogP contribution < -0.4 is 5.32 Å². The number of tetrazole rings is 1. The average Bonchev–Trinajstić information content (AvgIpc) is 3.94. The maximum Gasteiger partial charge on any atom is 0.328 e. The molecule has 1 aliphatic heterocycles. The Kier molecular flexibility index (Phi) is 10.5. The van der Waals surface area contributed by atoms with E-state index < -0.39 is 17.6 Å². The molecule has 0 saturated carbocycles. The van der Waals surface area contributed by atoms with E-state index in [1.165, 1.54) is 7.11 Å². The monoisotopic (exact) mass is 739 g/mol. The Morgan fingerprint density at radius 1 is 0.732 bits per heavy atom. The van der Waals surface area contributed by atoms with Crippen molar-refractivity contribution in [2.45, 2.75) is 37.0 Å². The van der Waals surface area contributed by atoms with Gasteiger partial charge in [0, 0.05) is 36.6 Å². The third kappa shape index (κ3) is 7.10. The zero-order valence-corrected chi connectivity index (χ0v) is 31.0. The molecule has 5 aromatic carbocycles. The topological polar surface area (TPSA) is 115 Å². The highest BCUT2D eigenvalue weighted by molar-refractivity contribution is 5.86. The lowest BCUT2D eigenvalue weighted by atomic mass is 9.77. The molecule has 2 atom stereocenters. The van der Waals surface area contributed by atoms with Gasteiger partial charge in [-0.15, -0.1) is 5.10 Å². The van der Waals surface area contributed by atoms with Gasteiger partial charge in [0.15, 0.2) is 5.82 Å². The highest BCUT2D eigenvalue weighted by Gasteiger charge is 2.42. The smallest absolute Gasteiger partial charge is 0.328 e. The highest BCUT2D eigenvalue weighted by atomic mass is 16.5. The fourth-order valence-corrected chi connectivity index (χ4v) is 7.86. The summed E-state index contributed by atoms with van der Waals surface area (Å²) in [7, 11) is 1.36. The lowest BCUT2D eigenvalue weighted by molar-refractivity contribution is -0.150. The first-order valence-electron chi connectivity index (χ1n) is 18.7. The molecule has 1 saturated heterocycles. The van der Waals surface area contributed by atoms with E-state index in [1.54, 1.807) is 11.1 Å². The minimum Gasteiger partial charge on any atom is -0.467 e. The van der Waals surface area contributed by atoms with E-state index in [0.717, 1.165) is 38.9 Å². The van der Waals surface area contributed by atoms with Crippen LogP contribution in [-0.4, -0.2) is 67.7 Å². The molecule has 10 nitrogen and oxygen atoms in total. The van der Waals surface area contributed by atoms with Crippen molar-refractivity contribution in [2.24, 2.45) is 0 Å². The number of methoxy groups -OCH3 is 1. The minimum atomic E-state index is -0.878. The van der Waals surface area contributed by atoms with Crippen LogP contribution in [0.2, 0.25) is 0 Å². The molecule has 2 aromatic heterocycles. The van der Waals surface area contributed by atoms with Crippen molar-refractivity contribution in [3.05, 3.63) is 192 Å². The lowest BCUT2D eigenvalue weighted by Crippen LogP contribution is -2.42. The van der Waals surface area contributed by atoms with Crippen LogP contribution in [-0.2, 0) is 32.8 Å². The second kappa shape index (κ2) is 16.3. The van der Waals surface area contributed by atoms with Gasteiger partial charge in [-0.25, -0.2) is 9.48 Å². The van der Waals surface area contributed by atoms with E-state index in [1.807, 2.05) is 89.6 Å². The number of ether oxygens (including phenoxy) is 1. The Morgan fingerprint density at radius 3 is 1.91 bits per heavy atom. The molecule has 56 heavy (non-hydrogen) atoms. The number of carbonyl (C=O) groups is 2. The number of amides is 1. The van der Waals surface area contributed by atoms with Gasteiger partial charge in [0.25, 0.3) is 0 Å². The Bertz CT molecular complexity index is 2290. The molecule has 7 aromatic rings. The maximum absolute atomic E-state index is 13.3. The summed E-state index contributed by atoms with van der Waals surface area (Å²) in [5, 5.41) is 17.3. The summed E-state index contributed by atoms with van der Waals surface area (Å²) < 4.78 is 7.03. The molecule has 10 heteroatoms. The fraction of sp³-hybridized carbons (Fsp3) is 0.174. The number of benzene rings is 5. The zero-order valence-electron chi connectivity index (χ0n) is 31.0. The number of likely N-dealkylation sites (tertiary alicyclic amines) is 1. The predicted molar refractivity (Wildman–Crippen MR) is 214 cm³/mol. The summed E-state index contributed by atoms with van der Waals surface area (Å²) in [4.78, 5) is 31.9. The van der Waals surface area contributed by atoms with E-state index in [9.17, 15) is 9.59 Å². The summed E-state index contributed by atoms with van der Waals surface area (Å²) >= 11 is 0. The number of hydrogen-bond acceptors (Lipinski definition) is 8. The SMILES string of the molecule is COC(=O)[C@@H]1C[C@H](NCc2ccc(-c3ccccc3-c3nnnn3C(c3ccccc3)(c3ccccc3)c3ccccc3)cc2)CN1C(=O)Cc1ccccn1. The number of rotatable bonds is 12. The number of esters is 1. The van der Waals surface area contributed by atoms with Gasteiger partial charge < -0.3 is 15.0 Å². The molecule has 278 valence electrons. The quantitative estimate of drug-likeness (QED) is 0.109.